The number of pyridine rings is 1. The van der Waals surface area contributed by atoms with E-state index in [2.05, 4.69) is 10.3 Å². The quantitative estimate of drug-likeness (QED) is 0.833. The van der Waals surface area contributed by atoms with Crippen molar-refractivity contribution in [2.24, 2.45) is 0 Å². The summed E-state index contributed by atoms with van der Waals surface area (Å²) in [5, 5.41) is 11.7. The minimum Gasteiger partial charge on any atom is -0.480 e. The Labute approximate surface area is 122 Å². The number of alkyl carbamates (subject to hydrolysis) is 1. The van der Waals surface area contributed by atoms with Gasteiger partial charge in [-0.25, -0.2) is 14.6 Å². The maximum absolute atomic E-state index is 11.6. The highest BCUT2D eigenvalue weighted by molar-refractivity contribution is 6.29. The minimum absolute atomic E-state index is 0.0941. The number of hydrogen-bond acceptors (Lipinski definition) is 4. The van der Waals surface area contributed by atoms with Crippen molar-refractivity contribution in [2.75, 3.05) is 0 Å². The first-order chi connectivity index (χ1) is 9.17. The van der Waals surface area contributed by atoms with Crippen molar-refractivity contribution in [1.82, 2.24) is 10.3 Å². The Kier molecular flexibility index (Phi) is 5.33. The van der Waals surface area contributed by atoms with Crippen LogP contribution in [0.5, 0.6) is 0 Å². The van der Waals surface area contributed by atoms with Gasteiger partial charge >= 0.3 is 12.1 Å². The predicted molar refractivity (Wildman–Crippen MR) is 73.7 cm³/mol. The molecule has 6 nitrogen and oxygen atoms in total. The number of nitrogens with zero attached hydrogens (tertiary/aromatic N) is 1. The van der Waals surface area contributed by atoms with Crippen LogP contribution in [0.1, 0.15) is 26.3 Å². The van der Waals surface area contributed by atoms with E-state index in [1.807, 2.05) is 0 Å². The number of ether oxygens (including phenoxy) is 1. The monoisotopic (exact) mass is 300 g/mol. The molecule has 0 aliphatic rings. The normalized spacial score (nSPS) is 12.6. The van der Waals surface area contributed by atoms with E-state index in [9.17, 15) is 9.59 Å². The van der Waals surface area contributed by atoms with Crippen LogP contribution in [0.15, 0.2) is 18.3 Å². The Bertz CT molecular complexity index is 499. The first kappa shape index (κ1) is 16.2. The van der Waals surface area contributed by atoms with Crippen LogP contribution in [-0.2, 0) is 16.0 Å². The molecule has 7 heteroatoms. The molecular weight excluding hydrogens is 284 g/mol. The van der Waals surface area contributed by atoms with Crippen LogP contribution in [0, 0.1) is 0 Å². The lowest BCUT2D eigenvalue weighted by Crippen LogP contribution is -2.44. The van der Waals surface area contributed by atoms with Crippen LogP contribution in [0.25, 0.3) is 0 Å². The van der Waals surface area contributed by atoms with Gasteiger partial charge in [-0.1, -0.05) is 11.6 Å². The molecule has 0 radical (unpaired) electrons. The van der Waals surface area contributed by atoms with Gasteiger partial charge in [-0.15, -0.1) is 0 Å². The molecule has 0 saturated carbocycles. The van der Waals surface area contributed by atoms with Crippen molar-refractivity contribution < 1.29 is 19.4 Å². The van der Waals surface area contributed by atoms with Crippen LogP contribution in [-0.4, -0.2) is 33.8 Å². The molecule has 0 unspecified atom stereocenters. The Hall–Kier alpha value is -1.82. The van der Waals surface area contributed by atoms with Gasteiger partial charge in [0.25, 0.3) is 0 Å². The molecular formula is C13H17ClN2O4. The molecule has 0 saturated heterocycles. The number of carbonyl (C=O) groups is 2. The number of carboxylic acid groups (broad SMARTS) is 1. The maximum atomic E-state index is 11.6. The number of halogens is 1. The molecule has 0 aromatic carbocycles. The van der Waals surface area contributed by atoms with Gasteiger partial charge in [-0.3, -0.25) is 0 Å². The minimum atomic E-state index is -1.15. The molecule has 1 aromatic rings. The van der Waals surface area contributed by atoms with Crippen LogP contribution in [0.2, 0.25) is 5.15 Å². The number of nitrogens with one attached hydrogen (secondary N) is 1. The Morgan fingerprint density at radius 2 is 2.15 bits per heavy atom. The summed E-state index contributed by atoms with van der Waals surface area (Å²) in [5.41, 5.74) is -0.0268. The topological polar surface area (TPSA) is 88.5 Å². The average molecular weight is 301 g/mol. The smallest absolute Gasteiger partial charge is 0.408 e. The lowest BCUT2D eigenvalue weighted by Gasteiger charge is -2.22. The zero-order chi connectivity index (χ0) is 15.3. The van der Waals surface area contributed by atoms with E-state index in [-0.39, 0.29) is 11.6 Å². The molecule has 0 bridgehead atoms. The van der Waals surface area contributed by atoms with E-state index in [0.717, 1.165) is 0 Å². The predicted octanol–water partition coefficient (Wildman–Crippen LogP) is 2.26. The summed E-state index contributed by atoms with van der Waals surface area (Å²) >= 11 is 5.73. The van der Waals surface area contributed by atoms with Gasteiger partial charge < -0.3 is 15.2 Å². The van der Waals surface area contributed by atoms with Gasteiger partial charge in [0.2, 0.25) is 0 Å². The van der Waals surface area contributed by atoms with Crippen LogP contribution in [0.3, 0.4) is 0 Å². The lowest BCUT2D eigenvalue weighted by molar-refractivity contribution is -0.139. The Balaban J connectivity index is 2.71. The van der Waals surface area contributed by atoms with Crippen LogP contribution >= 0.6 is 11.6 Å². The highest BCUT2D eigenvalue weighted by Gasteiger charge is 2.24. The molecule has 1 atom stereocenters. The summed E-state index contributed by atoms with van der Waals surface area (Å²) in [6.45, 7) is 5.10. The van der Waals surface area contributed by atoms with Crippen molar-refractivity contribution in [3.63, 3.8) is 0 Å². The first-order valence-corrected chi connectivity index (χ1v) is 6.38. The largest absolute Gasteiger partial charge is 0.480 e. The van der Waals surface area contributed by atoms with Crippen molar-refractivity contribution in [1.29, 1.82) is 0 Å². The molecule has 0 fully saturated rings. The Morgan fingerprint density at radius 3 is 2.65 bits per heavy atom. The second-order valence-corrected chi connectivity index (χ2v) is 5.62. The maximum Gasteiger partial charge on any atom is 0.408 e. The standard InChI is InChI=1S/C13H17ClN2O4/c1-13(2,3)20-12(19)16-9(11(17)18)6-8-4-5-15-10(14)7-8/h4-5,7,9H,6H2,1-3H3,(H,16,19)(H,17,18)/t9-/m1/s1. The third-order valence-corrected chi connectivity index (χ3v) is 2.43. The molecule has 1 heterocycles. The van der Waals surface area contributed by atoms with E-state index < -0.39 is 23.7 Å². The molecule has 0 aliphatic heterocycles. The highest BCUT2D eigenvalue weighted by atomic mass is 35.5. The molecule has 2 N–H and O–H groups in total. The Morgan fingerprint density at radius 1 is 1.50 bits per heavy atom. The summed E-state index contributed by atoms with van der Waals surface area (Å²) < 4.78 is 5.03. The van der Waals surface area contributed by atoms with Crippen molar-refractivity contribution in [3.8, 4) is 0 Å². The molecule has 1 aromatic heterocycles. The van der Waals surface area contributed by atoms with E-state index in [1.165, 1.54) is 6.20 Å². The number of carbonyl (C=O) groups excluding carboxylic acids is 1. The fourth-order valence-electron chi connectivity index (χ4n) is 1.46. The van der Waals surface area contributed by atoms with Gasteiger partial charge in [0.15, 0.2) is 0 Å². The summed E-state index contributed by atoms with van der Waals surface area (Å²) in [7, 11) is 0. The number of aliphatic carboxylic acids is 1. The lowest BCUT2D eigenvalue weighted by atomic mass is 10.1. The average Bonchev–Trinajstić information content (AvgIpc) is 2.25. The zero-order valence-corrected chi connectivity index (χ0v) is 12.3. The van der Waals surface area contributed by atoms with Crippen LogP contribution in [0.4, 0.5) is 4.79 Å². The summed E-state index contributed by atoms with van der Waals surface area (Å²) in [6.07, 6.45) is 0.797. The van der Waals surface area contributed by atoms with E-state index in [0.29, 0.717) is 5.56 Å². The van der Waals surface area contributed by atoms with Gasteiger partial charge in [0.1, 0.15) is 16.8 Å². The number of hydrogen-bond donors (Lipinski definition) is 2. The number of rotatable bonds is 4. The number of amides is 1. The summed E-state index contributed by atoms with van der Waals surface area (Å²) in [4.78, 5) is 26.6. The number of aromatic nitrogens is 1. The fraction of sp³-hybridized carbons (Fsp3) is 0.462. The zero-order valence-electron chi connectivity index (χ0n) is 11.5. The van der Waals surface area contributed by atoms with E-state index >= 15 is 0 Å². The summed E-state index contributed by atoms with van der Waals surface area (Å²) in [5.74, 6) is -1.15. The van der Waals surface area contributed by atoms with Gasteiger partial charge in [-0.2, -0.15) is 0 Å². The van der Waals surface area contributed by atoms with Gasteiger partial charge in [-0.05, 0) is 38.5 Å². The van der Waals surface area contributed by atoms with Crippen molar-refractivity contribution in [3.05, 3.63) is 29.0 Å². The molecule has 1 rings (SSSR count). The van der Waals surface area contributed by atoms with Crippen molar-refractivity contribution in [2.45, 2.75) is 38.8 Å². The molecule has 0 aliphatic carbocycles. The fourth-order valence-corrected chi connectivity index (χ4v) is 1.65. The van der Waals surface area contributed by atoms with Crippen LogP contribution < -0.4 is 5.32 Å². The van der Waals surface area contributed by atoms with Gasteiger partial charge in [0, 0.05) is 12.6 Å². The second-order valence-electron chi connectivity index (χ2n) is 5.23. The molecule has 110 valence electrons. The van der Waals surface area contributed by atoms with Gasteiger partial charge in [0.05, 0.1) is 0 Å². The molecule has 1 amide bonds. The highest BCUT2D eigenvalue weighted by Crippen LogP contribution is 2.11. The van der Waals surface area contributed by atoms with Crippen molar-refractivity contribution >= 4 is 23.7 Å². The first-order valence-electron chi connectivity index (χ1n) is 6.00. The van der Waals surface area contributed by atoms with E-state index in [1.54, 1.807) is 32.9 Å². The number of carboxylic acids is 1. The molecule has 20 heavy (non-hydrogen) atoms. The third kappa shape index (κ3) is 5.88. The third-order valence-electron chi connectivity index (χ3n) is 2.22. The summed E-state index contributed by atoms with van der Waals surface area (Å²) in [6, 6.07) is 2.09. The second kappa shape index (κ2) is 6.56. The molecule has 0 spiro atoms. The SMILES string of the molecule is CC(C)(C)OC(=O)N[C@H](Cc1ccnc(Cl)c1)C(=O)O. The van der Waals surface area contributed by atoms with E-state index in [4.69, 9.17) is 21.4 Å².